The third-order valence-electron chi connectivity index (χ3n) is 12.3. The molecular weight excluding hydrogens is 1370 g/mol. The van der Waals surface area contributed by atoms with E-state index in [9.17, 15) is 19.2 Å². The van der Waals surface area contributed by atoms with Crippen LogP contribution in [0.2, 0.25) is 20.1 Å². The van der Waals surface area contributed by atoms with Crippen molar-refractivity contribution >= 4 is 92.4 Å². The first-order valence-corrected chi connectivity index (χ1v) is 25.7. The summed E-state index contributed by atoms with van der Waals surface area (Å²) < 4.78 is 13.8. The summed E-state index contributed by atoms with van der Waals surface area (Å²) in [6.45, 7) is 4.81. The molecule has 76 heavy (non-hydrogen) atoms. The topological polar surface area (TPSA) is 193 Å². The first-order chi connectivity index (χ1) is 35.3. The molecule has 4 aliphatic heterocycles. The molecule has 0 spiro atoms. The number of hydrogen-bond acceptors (Lipinski definition) is 11. The average Bonchev–Trinajstić information content (AvgIpc) is 3.86. The molecule has 0 fully saturated rings. The van der Waals surface area contributed by atoms with Gasteiger partial charge in [-0.25, -0.2) is 0 Å². The molecule has 6 heterocycles. The molecule has 17 nitrogen and oxygen atoms in total. The fourth-order valence-electron chi connectivity index (χ4n) is 8.63. The van der Waals surface area contributed by atoms with Crippen molar-refractivity contribution in [1.82, 2.24) is 39.6 Å². The number of halogens is 5. The van der Waals surface area contributed by atoms with Crippen LogP contribution in [0.5, 0.6) is 11.5 Å². The number of fused-ring (bicyclic) bond motifs is 6. The van der Waals surface area contributed by atoms with Gasteiger partial charge in [-0.2, -0.15) is 10.2 Å². The number of aryl methyl sites for hydroxylation is 2. The number of carbonyl (C=O) groups excluding carboxylic acids is 5. The molecule has 0 unspecified atom stereocenters. The molecule has 4 amide bonds. The van der Waals surface area contributed by atoms with Crippen molar-refractivity contribution in [3.63, 3.8) is 0 Å². The van der Waals surface area contributed by atoms with Crippen LogP contribution in [0.25, 0.3) is 0 Å². The summed E-state index contributed by atoms with van der Waals surface area (Å²) in [4.78, 5) is 68.5. The van der Waals surface area contributed by atoms with Gasteiger partial charge in [-0.05, 0) is 84.6 Å². The van der Waals surface area contributed by atoms with Gasteiger partial charge >= 0.3 is 138 Å². The van der Waals surface area contributed by atoms with Crippen LogP contribution < -0.4 is 158 Å². The first-order valence-electron chi connectivity index (χ1n) is 23.0. The predicted octanol–water partition coefficient (Wildman–Crippen LogP) is 2.75. The van der Waals surface area contributed by atoms with E-state index in [4.69, 9.17) is 71.0 Å². The second-order valence-corrected chi connectivity index (χ2v) is 19.1. The number of amides is 4. The Hall–Kier alpha value is -2.05. The van der Waals surface area contributed by atoms with Gasteiger partial charge in [-0.15, -0.1) is 0 Å². The van der Waals surface area contributed by atoms with E-state index in [2.05, 4.69) is 31.2 Å². The monoisotopic (exact) mass is 1420 g/mol. The smallest absolute Gasteiger partial charge is 1.00 e. The maximum absolute atomic E-state index is 13.6. The Labute approximate surface area is 589 Å². The fraction of sp³-hybridized carbons (Fsp3) is 0.327. The molecule has 4 aromatic carbocycles. The minimum absolute atomic E-state index is 0. The summed E-state index contributed by atoms with van der Waals surface area (Å²) in [7, 11) is 3.30. The Morgan fingerprint density at radius 3 is 1.61 bits per heavy atom. The van der Waals surface area contributed by atoms with Gasteiger partial charge in [0.2, 0.25) is 0 Å². The Morgan fingerprint density at radius 1 is 0.684 bits per heavy atom. The van der Waals surface area contributed by atoms with Crippen molar-refractivity contribution in [3.05, 3.63) is 161 Å². The van der Waals surface area contributed by atoms with Crippen molar-refractivity contribution < 1.29 is 183 Å². The molecule has 394 valence electrons. The molecular formula is C52H55BrCl4Cs2N8O9. The molecule has 0 saturated carbocycles. The zero-order valence-electron chi connectivity index (χ0n) is 42.8. The van der Waals surface area contributed by atoms with Crippen molar-refractivity contribution in [1.29, 1.82) is 0 Å². The molecule has 0 bridgehead atoms. The van der Waals surface area contributed by atoms with E-state index in [-0.39, 0.29) is 177 Å². The van der Waals surface area contributed by atoms with Gasteiger partial charge in [0.15, 0.2) is 0 Å². The van der Waals surface area contributed by atoms with Crippen molar-refractivity contribution in [3.8, 4) is 11.5 Å². The fourth-order valence-corrected chi connectivity index (χ4v) is 9.60. The number of carbonyl (C=O) groups is 5. The molecule has 1 N–H and O–H groups in total. The summed E-state index contributed by atoms with van der Waals surface area (Å²) in [6.07, 6.45) is 2.91. The van der Waals surface area contributed by atoms with E-state index in [1.165, 1.54) is 5.56 Å². The van der Waals surface area contributed by atoms with E-state index in [0.29, 0.717) is 114 Å². The first kappa shape index (κ1) is 66.5. The molecule has 4 aliphatic rings. The van der Waals surface area contributed by atoms with Gasteiger partial charge in [0, 0.05) is 86.2 Å². The third-order valence-corrected chi connectivity index (χ3v) is 14.5. The number of alkyl halides is 1. The zero-order valence-corrected chi connectivity index (χ0v) is 58.9. The number of benzene rings is 4. The number of methoxy groups -OCH3 is 2. The van der Waals surface area contributed by atoms with Crippen LogP contribution in [0, 0.1) is 0 Å². The normalized spacial score (nSPS) is 14.0. The van der Waals surface area contributed by atoms with Crippen molar-refractivity contribution in [2.24, 2.45) is 0 Å². The SMILES string of the molecule is C.COc1ccc(CBr)cc1.COc1ccc(CN2CCCn3nc4c(c3C2=O)CN(C(=O)c2ccc(Cl)c(Cl)c2)CC4)cc1.O=C1NCCCn2nc3c(c21)CN(C(=O)c1ccc(Cl)c(Cl)c1)CC3.O=CO[O-].[Cs+].[Cs+].[H-]. The van der Waals surface area contributed by atoms with Crippen LogP contribution in [-0.4, -0.2) is 105 Å². The van der Waals surface area contributed by atoms with Gasteiger partial charge in [0.25, 0.3) is 30.1 Å². The second-order valence-electron chi connectivity index (χ2n) is 16.9. The van der Waals surface area contributed by atoms with Crippen LogP contribution in [0.4, 0.5) is 0 Å². The average molecular weight is 1420 g/mol. The van der Waals surface area contributed by atoms with Crippen LogP contribution in [0.1, 0.15) is 97.0 Å². The molecule has 0 saturated heterocycles. The number of aromatic nitrogens is 4. The summed E-state index contributed by atoms with van der Waals surface area (Å²) >= 11 is 27.4. The Morgan fingerprint density at radius 2 is 1.14 bits per heavy atom. The summed E-state index contributed by atoms with van der Waals surface area (Å²) in [5, 5.41) is 23.0. The summed E-state index contributed by atoms with van der Waals surface area (Å²) in [6, 6.07) is 25.5. The van der Waals surface area contributed by atoms with Gasteiger partial charge in [0.05, 0.1) is 58.8 Å². The molecule has 6 aromatic rings. The number of rotatable bonds is 8. The standard InChI is InChI=1S/C25H24Cl2N4O3.C17H16Cl2N4O2.C8H9BrO.CH2O3.CH4.2Cs.H/c1-34-18-6-3-16(4-7-18)14-29-10-2-11-31-23(25(29)33)19-15-30(12-9-22(19)28-31)24(32)17-5-8-20(26)21(27)13-17;18-12-3-2-10(8-13(12)19)17(25)22-7-4-14-11(9-22)15-16(24)20-5-1-6-23(15)21-14;1-10-8-4-2-7(6-9)3-5-8;2-1-4-3;;;;/h3-8,13H,2,9-12,14-15H2,1H3;2-3,8H,1,4-7,9H2,(H,20,24);2-5H,6H2,1H3;1,3H;1H4;;;/q;;;;;2*+1;-1/p-1. The maximum atomic E-state index is 13.6. The van der Waals surface area contributed by atoms with E-state index >= 15 is 0 Å². The van der Waals surface area contributed by atoms with Gasteiger partial charge < -0.3 is 41.1 Å². The van der Waals surface area contributed by atoms with E-state index in [0.717, 1.165) is 57.7 Å². The molecule has 2 aromatic heterocycles. The quantitative estimate of drug-likeness (QED) is 0.102. The number of ether oxygens (including phenoxy) is 2. The minimum atomic E-state index is -0.181. The third kappa shape index (κ3) is 17.0. The van der Waals surface area contributed by atoms with Gasteiger partial charge in [-0.3, -0.25) is 33.3 Å². The van der Waals surface area contributed by atoms with Crippen LogP contribution >= 0.6 is 62.3 Å². The number of nitrogens with one attached hydrogen (secondary N) is 1. The van der Waals surface area contributed by atoms with Gasteiger partial charge in [-0.1, -0.05) is 94.0 Å². The predicted molar refractivity (Wildman–Crippen MR) is 284 cm³/mol. The molecule has 24 heteroatoms. The molecule has 0 aliphatic carbocycles. The van der Waals surface area contributed by atoms with Crippen molar-refractivity contribution in [2.45, 2.75) is 71.2 Å². The summed E-state index contributed by atoms with van der Waals surface area (Å²) in [5.41, 5.74) is 7.92. The largest absolute Gasteiger partial charge is 1.00 e. The minimum Gasteiger partial charge on any atom is -1.00 e. The van der Waals surface area contributed by atoms with Crippen LogP contribution in [-0.2, 0) is 60.6 Å². The van der Waals surface area contributed by atoms with E-state index in [1.807, 2.05) is 58.1 Å². The van der Waals surface area contributed by atoms with E-state index in [1.54, 1.807) is 65.1 Å². The molecule has 10 rings (SSSR count). The number of hydrogen-bond donors (Lipinski definition) is 1. The Balaban J connectivity index is 0.000000318. The van der Waals surface area contributed by atoms with E-state index < -0.39 is 0 Å². The van der Waals surface area contributed by atoms with Gasteiger partial charge in [0.1, 0.15) is 22.9 Å². The van der Waals surface area contributed by atoms with Crippen LogP contribution in [0.15, 0.2) is 84.9 Å². The maximum Gasteiger partial charge on any atom is 1.00 e. The van der Waals surface area contributed by atoms with Crippen LogP contribution in [0.3, 0.4) is 0 Å². The second kappa shape index (κ2) is 32.4. The Kier molecular flexibility index (Phi) is 28.3. The Bertz CT molecular complexity index is 2950. The van der Waals surface area contributed by atoms with Crippen molar-refractivity contribution in [2.75, 3.05) is 40.4 Å². The molecule has 0 radical (unpaired) electrons. The summed E-state index contributed by atoms with van der Waals surface area (Å²) in [5.74, 6) is 1.26. The molecule has 0 atom stereocenters. The zero-order chi connectivity index (χ0) is 52.2. The number of nitrogens with zero attached hydrogens (tertiary/aromatic N) is 7.